The molecule has 5 heteroatoms. The number of benzene rings is 6. The van der Waals surface area contributed by atoms with Gasteiger partial charge in [0, 0.05) is 50.2 Å². The summed E-state index contributed by atoms with van der Waals surface area (Å²) in [6.45, 7) is 0. The summed E-state index contributed by atoms with van der Waals surface area (Å²) in [5.74, 6) is 1.94. The maximum absolute atomic E-state index is 4.99. The molecule has 0 bridgehead atoms. The second-order valence-electron chi connectivity index (χ2n) is 11.4. The maximum atomic E-state index is 4.99. The third-order valence-electron chi connectivity index (χ3n) is 8.60. The molecule has 9 aromatic rings. The van der Waals surface area contributed by atoms with E-state index < -0.39 is 0 Å². The number of para-hydroxylation sites is 2. The van der Waals surface area contributed by atoms with Crippen molar-refractivity contribution >= 4 is 32.7 Å². The number of aromatic nitrogens is 5. The zero-order valence-electron chi connectivity index (χ0n) is 24.8. The van der Waals surface area contributed by atoms with Crippen LogP contribution in [0.1, 0.15) is 0 Å². The van der Waals surface area contributed by atoms with Crippen molar-refractivity contribution in [3.05, 3.63) is 158 Å². The molecular weight excluding hydrogens is 562 g/mol. The van der Waals surface area contributed by atoms with Crippen molar-refractivity contribution in [2.75, 3.05) is 0 Å². The van der Waals surface area contributed by atoms with Gasteiger partial charge < -0.3 is 9.55 Å². The van der Waals surface area contributed by atoms with Crippen LogP contribution in [0, 0.1) is 0 Å². The van der Waals surface area contributed by atoms with Gasteiger partial charge in [-0.1, -0.05) is 115 Å². The Hall–Kier alpha value is -6.33. The summed E-state index contributed by atoms with van der Waals surface area (Å²) in [6.07, 6.45) is 2.16. The van der Waals surface area contributed by atoms with Crippen LogP contribution in [-0.2, 0) is 0 Å². The van der Waals surface area contributed by atoms with Gasteiger partial charge in [-0.25, -0.2) is 15.0 Å². The summed E-state index contributed by atoms with van der Waals surface area (Å²) in [6, 6.07) is 52.3. The molecular formula is C41H27N5. The fourth-order valence-electron chi connectivity index (χ4n) is 6.45. The maximum Gasteiger partial charge on any atom is 0.164 e. The molecule has 0 atom stereocenters. The van der Waals surface area contributed by atoms with Crippen molar-refractivity contribution in [1.29, 1.82) is 0 Å². The molecule has 9 rings (SSSR count). The Bertz CT molecular complexity index is 2460. The van der Waals surface area contributed by atoms with Crippen molar-refractivity contribution in [1.82, 2.24) is 24.5 Å². The first-order chi connectivity index (χ1) is 22.8. The van der Waals surface area contributed by atoms with Gasteiger partial charge in [0.05, 0.1) is 11.0 Å². The highest BCUT2D eigenvalue weighted by Crippen LogP contribution is 2.41. The number of nitrogens with one attached hydrogen (secondary N) is 1. The summed E-state index contributed by atoms with van der Waals surface area (Å²) in [5, 5.41) is 3.56. The molecule has 216 valence electrons. The van der Waals surface area contributed by atoms with E-state index in [1.165, 1.54) is 16.2 Å². The standard InChI is InChI=1S/C41H27N5/c1-4-13-27(14-5-1)39-43-40(28-15-6-2-7-16-28)45-41(44-39)31-18-12-17-29(25-31)34-26-30-23-24-46(32-19-8-3-9-20-32)38(30)37-36(34)33-21-10-11-22-35(33)42-37/h1-26,42H. The van der Waals surface area contributed by atoms with Gasteiger partial charge in [-0.05, 0) is 47.5 Å². The molecule has 0 aliphatic heterocycles. The average molecular weight is 590 g/mol. The first-order valence-electron chi connectivity index (χ1n) is 15.4. The van der Waals surface area contributed by atoms with Crippen molar-refractivity contribution in [2.24, 2.45) is 0 Å². The van der Waals surface area contributed by atoms with Crippen LogP contribution in [0.25, 0.3) is 83.7 Å². The van der Waals surface area contributed by atoms with Gasteiger partial charge in [0.15, 0.2) is 17.5 Å². The molecule has 3 aromatic heterocycles. The fraction of sp³-hybridized carbons (Fsp3) is 0. The van der Waals surface area contributed by atoms with Gasteiger partial charge in [-0.2, -0.15) is 0 Å². The molecule has 5 nitrogen and oxygen atoms in total. The fourth-order valence-corrected chi connectivity index (χ4v) is 6.45. The quantitative estimate of drug-likeness (QED) is 0.217. The van der Waals surface area contributed by atoms with Gasteiger partial charge in [0.1, 0.15) is 0 Å². The normalized spacial score (nSPS) is 11.5. The summed E-state index contributed by atoms with van der Waals surface area (Å²) >= 11 is 0. The van der Waals surface area contributed by atoms with E-state index in [1.54, 1.807) is 0 Å². The van der Waals surface area contributed by atoms with Crippen molar-refractivity contribution < 1.29 is 0 Å². The van der Waals surface area contributed by atoms with Crippen LogP contribution in [0.2, 0.25) is 0 Å². The van der Waals surface area contributed by atoms with E-state index in [0.29, 0.717) is 17.5 Å². The lowest BCUT2D eigenvalue weighted by atomic mass is 9.96. The van der Waals surface area contributed by atoms with Gasteiger partial charge in [-0.15, -0.1) is 0 Å². The van der Waals surface area contributed by atoms with Crippen molar-refractivity contribution in [3.8, 4) is 51.0 Å². The van der Waals surface area contributed by atoms with E-state index in [2.05, 4.69) is 107 Å². The molecule has 0 amide bonds. The Morgan fingerprint density at radius 3 is 1.74 bits per heavy atom. The molecule has 0 unspecified atom stereocenters. The largest absolute Gasteiger partial charge is 0.353 e. The van der Waals surface area contributed by atoms with Crippen LogP contribution in [0.4, 0.5) is 0 Å². The van der Waals surface area contributed by atoms with Gasteiger partial charge in [0.2, 0.25) is 0 Å². The van der Waals surface area contributed by atoms with Crippen LogP contribution in [0.15, 0.2) is 158 Å². The second kappa shape index (κ2) is 10.7. The molecule has 46 heavy (non-hydrogen) atoms. The Morgan fingerprint density at radius 1 is 0.478 bits per heavy atom. The molecule has 0 saturated carbocycles. The van der Waals surface area contributed by atoms with Crippen LogP contribution < -0.4 is 0 Å². The lowest BCUT2D eigenvalue weighted by Gasteiger charge is -2.12. The predicted molar refractivity (Wildman–Crippen MR) is 188 cm³/mol. The Morgan fingerprint density at radius 2 is 1.04 bits per heavy atom. The number of aromatic amines is 1. The SMILES string of the molecule is c1ccc(-c2nc(-c3ccccc3)nc(-c3cccc(-c4cc5ccn(-c6ccccc6)c5c5[nH]c6ccccc6c45)c3)n2)cc1. The van der Waals surface area contributed by atoms with Crippen LogP contribution in [0.5, 0.6) is 0 Å². The first-order valence-corrected chi connectivity index (χ1v) is 15.4. The first kappa shape index (κ1) is 26.1. The number of nitrogens with zero attached hydrogens (tertiary/aromatic N) is 4. The summed E-state index contributed by atoms with van der Waals surface area (Å²) in [5.41, 5.74) is 9.62. The van der Waals surface area contributed by atoms with E-state index in [9.17, 15) is 0 Å². The molecule has 0 fully saturated rings. The number of hydrogen-bond acceptors (Lipinski definition) is 3. The molecule has 0 spiro atoms. The highest BCUT2D eigenvalue weighted by atomic mass is 15.0. The number of hydrogen-bond donors (Lipinski definition) is 1. The minimum Gasteiger partial charge on any atom is -0.353 e. The van der Waals surface area contributed by atoms with E-state index in [1.807, 2.05) is 60.7 Å². The van der Waals surface area contributed by atoms with Crippen LogP contribution >= 0.6 is 0 Å². The third-order valence-corrected chi connectivity index (χ3v) is 8.60. The lowest BCUT2D eigenvalue weighted by Crippen LogP contribution is -2.00. The Kier molecular flexibility index (Phi) is 6.06. The predicted octanol–water partition coefficient (Wildman–Crippen LogP) is 10.1. The highest BCUT2D eigenvalue weighted by molar-refractivity contribution is 6.22. The molecule has 0 aliphatic rings. The zero-order valence-corrected chi connectivity index (χ0v) is 24.8. The van der Waals surface area contributed by atoms with E-state index in [0.717, 1.165) is 50.1 Å². The molecule has 0 aliphatic carbocycles. The number of H-pyrrole nitrogens is 1. The lowest BCUT2D eigenvalue weighted by molar-refractivity contribution is 1.07. The third kappa shape index (κ3) is 4.37. The van der Waals surface area contributed by atoms with Gasteiger partial charge >= 0.3 is 0 Å². The Labute approximate surface area is 265 Å². The number of rotatable bonds is 5. The summed E-state index contributed by atoms with van der Waals surface area (Å²) < 4.78 is 2.27. The van der Waals surface area contributed by atoms with Crippen LogP contribution in [0.3, 0.4) is 0 Å². The van der Waals surface area contributed by atoms with Crippen molar-refractivity contribution in [2.45, 2.75) is 0 Å². The summed E-state index contributed by atoms with van der Waals surface area (Å²) in [7, 11) is 0. The van der Waals surface area contributed by atoms with E-state index in [-0.39, 0.29) is 0 Å². The smallest absolute Gasteiger partial charge is 0.164 e. The topological polar surface area (TPSA) is 59.4 Å². The summed E-state index contributed by atoms with van der Waals surface area (Å²) in [4.78, 5) is 18.6. The molecule has 0 saturated heterocycles. The molecule has 3 heterocycles. The van der Waals surface area contributed by atoms with E-state index >= 15 is 0 Å². The minimum absolute atomic E-state index is 0.640. The average Bonchev–Trinajstić information content (AvgIpc) is 3.74. The number of fused-ring (bicyclic) bond motifs is 5. The van der Waals surface area contributed by atoms with Gasteiger partial charge in [0.25, 0.3) is 0 Å². The molecule has 0 radical (unpaired) electrons. The second-order valence-corrected chi connectivity index (χ2v) is 11.4. The molecule has 6 aromatic carbocycles. The van der Waals surface area contributed by atoms with E-state index in [4.69, 9.17) is 15.0 Å². The monoisotopic (exact) mass is 589 g/mol. The zero-order chi connectivity index (χ0) is 30.5. The van der Waals surface area contributed by atoms with Crippen LogP contribution in [-0.4, -0.2) is 24.5 Å². The highest BCUT2D eigenvalue weighted by Gasteiger charge is 2.19. The Balaban J connectivity index is 1.27. The minimum atomic E-state index is 0.640. The molecule has 1 N–H and O–H groups in total. The van der Waals surface area contributed by atoms with Gasteiger partial charge in [-0.3, -0.25) is 0 Å². The van der Waals surface area contributed by atoms with Crippen molar-refractivity contribution in [3.63, 3.8) is 0 Å².